The molecule has 0 aliphatic carbocycles. The molecular weight excluding hydrogens is 165 g/mol. The minimum Gasteiger partial charge on any atom is -0.324 e. The zero-order valence-corrected chi connectivity index (χ0v) is 8.13. The fourth-order valence-electron chi connectivity index (χ4n) is 1.35. The van der Waals surface area contributed by atoms with Crippen LogP contribution >= 0.6 is 0 Å². The van der Waals surface area contributed by atoms with Gasteiger partial charge in [0.1, 0.15) is 5.82 Å². The van der Waals surface area contributed by atoms with E-state index in [1.54, 1.807) is 12.1 Å². The molecule has 0 aromatic heterocycles. The molecule has 0 amide bonds. The molecule has 1 aromatic rings. The Morgan fingerprint density at radius 1 is 1.23 bits per heavy atom. The number of halogens is 1. The maximum Gasteiger partial charge on any atom is 0.123 e. The first-order chi connectivity index (χ1) is 6.09. The lowest BCUT2D eigenvalue weighted by Gasteiger charge is -2.13. The molecule has 1 rings (SSSR count). The van der Waals surface area contributed by atoms with Crippen LogP contribution in [0.5, 0.6) is 0 Å². The van der Waals surface area contributed by atoms with E-state index in [-0.39, 0.29) is 11.9 Å². The van der Waals surface area contributed by atoms with Crippen LogP contribution in [0.3, 0.4) is 0 Å². The van der Waals surface area contributed by atoms with E-state index < -0.39 is 0 Å². The molecule has 72 valence electrons. The molecule has 1 aromatic carbocycles. The monoisotopic (exact) mass is 181 g/mol. The van der Waals surface area contributed by atoms with E-state index in [9.17, 15) is 4.39 Å². The van der Waals surface area contributed by atoms with Crippen molar-refractivity contribution in [1.29, 1.82) is 0 Å². The van der Waals surface area contributed by atoms with E-state index in [0.717, 1.165) is 12.0 Å². The van der Waals surface area contributed by atoms with Crippen LogP contribution in [0.15, 0.2) is 24.3 Å². The first-order valence-corrected chi connectivity index (χ1v) is 4.60. The number of benzene rings is 1. The van der Waals surface area contributed by atoms with Crippen molar-refractivity contribution in [3.8, 4) is 0 Å². The van der Waals surface area contributed by atoms with Crippen molar-refractivity contribution in [3.63, 3.8) is 0 Å². The molecule has 0 bridgehead atoms. The Balaban J connectivity index is 2.66. The van der Waals surface area contributed by atoms with Crippen molar-refractivity contribution in [3.05, 3.63) is 35.6 Å². The summed E-state index contributed by atoms with van der Waals surface area (Å²) in [4.78, 5) is 0. The van der Waals surface area contributed by atoms with Gasteiger partial charge in [-0.2, -0.15) is 0 Å². The van der Waals surface area contributed by atoms with Gasteiger partial charge in [0.05, 0.1) is 0 Å². The predicted molar refractivity (Wildman–Crippen MR) is 52.8 cm³/mol. The average molecular weight is 181 g/mol. The maximum atomic E-state index is 12.6. The molecule has 0 aliphatic heterocycles. The van der Waals surface area contributed by atoms with Crippen molar-refractivity contribution in [2.45, 2.75) is 26.3 Å². The average Bonchev–Trinajstić information content (AvgIpc) is 2.04. The van der Waals surface area contributed by atoms with E-state index >= 15 is 0 Å². The first kappa shape index (κ1) is 10.2. The Morgan fingerprint density at radius 3 is 2.23 bits per heavy atom. The molecular formula is C11H16FN. The highest BCUT2D eigenvalue weighted by Crippen LogP contribution is 2.18. The standard InChI is InChI=1S/C11H16FN/c1-8(2)7-11(13)9-3-5-10(12)6-4-9/h3-6,8,11H,7,13H2,1-2H3/t11-/m0/s1. The molecule has 2 N–H and O–H groups in total. The van der Waals surface area contributed by atoms with Crippen LogP contribution in [0.1, 0.15) is 31.9 Å². The normalized spacial score (nSPS) is 13.3. The third-order valence-corrected chi connectivity index (χ3v) is 2.02. The van der Waals surface area contributed by atoms with Gasteiger partial charge in [0.2, 0.25) is 0 Å². The van der Waals surface area contributed by atoms with Gasteiger partial charge in [0, 0.05) is 6.04 Å². The van der Waals surface area contributed by atoms with Crippen LogP contribution in [-0.4, -0.2) is 0 Å². The van der Waals surface area contributed by atoms with Crippen LogP contribution in [0, 0.1) is 11.7 Å². The Kier molecular flexibility index (Phi) is 3.43. The first-order valence-electron chi connectivity index (χ1n) is 4.60. The van der Waals surface area contributed by atoms with Crippen LogP contribution in [0.2, 0.25) is 0 Å². The molecule has 0 unspecified atom stereocenters. The summed E-state index contributed by atoms with van der Waals surface area (Å²) < 4.78 is 12.6. The quantitative estimate of drug-likeness (QED) is 0.762. The van der Waals surface area contributed by atoms with E-state index in [2.05, 4.69) is 13.8 Å². The number of hydrogen-bond acceptors (Lipinski definition) is 1. The smallest absolute Gasteiger partial charge is 0.123 e. The van der Waals surface area contributed by atoms with Crippen LogP contribution in [0.4, 0.5) is 4.39 Å². The summed E-state index contributed by atoms with van der Waals surface area (Å²) in [5.41, 5.74) is 6.93. The minimum atomic E-state index is -0.208. The van der Waals surface area contributed by atoms with Crippen molar-refractivity contribution >= 4 is 0 Å². The lowest BCUT2D eigenvalue weighted by molar-refractivity contribution is 0.509. The fraction of sp³-hybridized carbons (Fsp3) is 0.455. The lowest BCUT2D eigenvalue weighted by Crippen LogP contribution is -2.12. The fourth-order valence-corrected chi connectivity index (χ4v) is 1.35. The molecule has 1 atom stereocenters. The van der Waals surface area contributed by atoms with Gasteiger partial charge in [-0.1, -0.05) is 26.0 Å². The topological polar surface area (TPSA) is 26.0 Å². The van der Waals surface area contributed by atoms with Crippen LogP contribution in [0.25, 0.3) is 0 Å². The summed E-state index contributed by atoms with van der Waals surface area (Å²) in [5, 5.41) is 0. The van der Waals surface area contributed by atoms with Gasteiger partial charge in [0.25, 0.3) is 0 Å². The zero-order chi connectivity index (χ0) is 9.84. The third-order valence-electron chi connectivity index (χ3n) is 2.02. The van der Waals surface area contributed by atoms with Gasteiger partial charge >= 0.3 is 0 Å². The van der Waals surface area contributed by atoms with Gasteiger partial charge in [-0.15, -0.1) is 0 Å². The second-order valence-corrected chi connectivity index (χ2v) is 3.79. The summed E-state index contributed by atoms with van der Waals surface area (Å²) in [6.45, 7) is 4.26. The highest BCUT2D eigenvalue weighted by atomic mass is 19.1. The molecule has 1 nitrogen and oxygen atoms in total. The lowest BCUT2D eigenvalue weighted by atomic mass is 9.98. The van der Waals surface area contributed by atoms with Gasteiger partial charge < -0.3 is 5.73 Å². The van der Waals surface area contributed by atoms with Gasteiger partial charge in [0.15, 0.2) is 0 Å². The second kappa shape index (κ2) is 4.38. The molecule has 13 heavy (non-hydrogen) atoms. The van der Waals surface area contributed by atoms with Crippen LogP contribution < -0.4 is 5.73 Å². The van der Waals surface area contributed by atoms with E-state index in [1.165, 1.54) is 12.1 Å². The number of rotatable bonds is 3. The Bertz CT molecular complexity index is 253. The predicted octanol–water partition coefficient (Wildman–Crippen LogP) is 2.87. The summed E-state index contributed by atoms with van der Waals surface area (Å²) in [7, 11) is 0. The molecule has 0 aliphatic rings. The van der Waals surface area contributed by atoms with Crippen molar-refractivity contribution < 1.29 is 4.39 Å². The van der Waals surface area contributed by atoms with E-state index in [1.807, 2.05) is 0 Å². The second-order valence-electron chi connectivity index (χ2n) is 3.79. The summed E-state index contributed by atoms with van der Waals surface area (Å²) in [6.07, 6.45) is 0.936. The van der Waals surface area contributed by atoms with Gasteiger partial charge in [-0.3, -0.25) is 0 Å². The molecule has 0 saturated carbocycles. The highest BCUT2D eigenvalue weighted by Gasteiger charge is 2.07. The largest absolute Gasteiger partial charge is 0.324 e. The summed E-state index contributed by atoms with van der Waals surface area (Å²) >= 11 is 0. The molecule has 0 radical (unpaired) electrons. The van der Waals surface area contributed by atoms with Gasteiger partial charge in [-0.05, 0) is 30.0 Å². The van der Waals surface area contributed by atoms with E-state index in [0.29, 0.717) is 5.92 Å². The van der Waals surface area contributed by atoms with Gasteiger partial charge in [-0.25, -0.2) is 4.39 Å². The Morgan fingerprint density at radius 2 is 1.77 bits per heavy atom. The van der Waals surface area contributed by atoms with Crippen molar-refractivity contribution in [2.24, 2.45) is 11.7 Å². The third kappa shape index (κ3) is 3.15. The Hall–Kier alpha value is -0.890. The molecule has 0 fully saturated rings. The van der Waals surface area contributed by atoms with E-state index in [4.69, 9.17) is 5.73 Å². The maximum absolute atomic E-state index is 12.6. The van der Waals surface area contributed by atoms with Crippen molar-refractivity contribution in [1.82, 2.24) is 0 Å². The molecule has 2 heteroatoms. The SMILES string of the molecule is CC(C)C[C@H](N)c1ccc(F)cc1. The molecule has 0 saturated heterocycles. The van der Waals surface area contributed by atoms with Crippen LogP contribution in [-0.2, 0) is 0 Å². The summed E-state index contributed by atoms with van der Waals surface area (Å²) in [5.74, 6) is 0.362. The molecule has 0 heterocycles. The number of nitrogens with two attached hydrogens (primary N) is 1. The highest BCUT2D eigenvalue weighted by molar-refractivity contribution is 5.19. The molecule has 0 spiro atoms. The zero-order valence-electron chi connectivity index (χ0n) is 8.13. The summed E-state index contributed by atoms with van der Waals surface area (Å²) in [6, 6.07) is 6.44. The minimum absolute atomic E-state index is 0.0283. The Labute approximate surface area is 78.8 Å². The van der Waals surface area contributed by atoms with Crippen molar-refractivity contribution in [2.75, 3.05) is 0 Å². The number of hydrogen-bond donors (Lipinski definition) is 1.